The van der Waals surface area contributed by atoms with Crippen molar-refractivity contribution in [3.8, 4) is 5.75 Å². The molecular formula is C20H32N2O5S. The van der Waals surface area contributed by atoms with Crippen LogP contribution >= 0.6 is 11.8 Å². The van der Waals surface area contributed by atoms with Crippen molar-refractivity contribution in [2.75, 3.05) is 14.2 Å². The first-order valence-corrected chi connectivity index (χ1v) is 10.1. The van der Waals surface area contributed by atoms with Crippen molar-refractivity contribution < 1.29 is 23.9 Å². The molecule has 0 spiro atoms. The van der Waals surface area contributed by atoms with Gasteiger partial charge in [0, 0.05) is 0 Å². The van der Waals surface area contributed by atoms with Gasteiger partial charge in [0.25, 0.3) is 5.91 Å². The number of carbonyl (C=O) groups excluding carboxylic acids is 2. The van der Waals surface area contributed by atoms with Gasteiger partial charge in [0.1, 0.15) is 17.2 Å². The van der Waals surface area contributed by atoms with E-state index in [9.17, 15) is 9.59 Å². The van der Waals surface area contributed by atoms with Crippen LogP contribution in [0.2, 0.25) is 0 Å². The number of nitrogens with one attached hydrogen (secondary N) is 1. The molecule has 0 saturated heterocycles. The van der Waals surface area contributed by atoms with E-state index in [-0.39, 0.29) is 23.3 Å². The minimum atomic E-state index is -0.770. The van der Waals surface area contributed by atoms with Crippen LogP contribution in [0.4, 0.5) is 4.79 Å². The van der Waals surface area contributed by atoms with E-state index in [1.165, 1.54) is 23.9 Å². The summed E-state index contributed by atoms with van der Waals surface area (Å²) in [6, 6.07) is 5.07. The van der Waals surface area contributed by atoms with Crippen molar-refractivity contribution in [1.82, 2.24) is 10.4 Å². The first-order valence-electron chi connectivity index (χ1n) is 9.26. The lowest BCUT2D eigenvalue weighted by molar-refractivity contribution is -0.181. The second-order valence-corrected chi connectivity index (χ2v) is 8.35. The summed E-state index contributed by atoms with van der Waals surface area (Å²) in [5, 5.41) is 3.57. The zero-order valence-electron chi connectivity index (χ0n) is 17.9. The fourth-order valence-corrected chi connectivity index (χ4v) is 3.82. The van der Waals surface area contributed by atoms with Crippen LogP contribution in [-0.2, 0) is 14.4 Å². The Morgan fingerprint density at radius 1 is 1.11 bits per heavy atom. The molecule has 1 aromatic rings. The molecule has 2 unspecified atom stereocenters. The smallest absolute Gasteiger partial charge is 0.408 e. The van der Waals surface area contributed by atoms with E-state index in [1.807, 2.05) is 45.9 Å². The highest BCUT2D eigenvalue weighted by atomic mass is 32.2. The predicted molar refractivity (Wildman–Crippen MR) is 110 cm³/mol. The number of benzene rings is 1. The molecule has 2 amide bonds. The van der Waals surface area contributed by atoms with E-state index in [0.717, 1.165) is 16.2 Å². The molecule has 7 nitrogen and oxygen atoms in total. The van der Waals surface area contributed by atoms with E-state index in [2.05, 4.69) is 5.32 Å². The normalized spacial score (nSPS) is 13.2. The lowest BCUT2D eigenvalue weighted by Gasteiger charge is -2.31. The number of hydrogen-bond acceptors (Lipinski definition) is 6. The highest BCUT2D eigenvalue weighted by Gasteiger charge is 2.33. The SMILES string of the molecule is COc1c(C)cccc1SC(C)N(OC)C(=O)C(NC(=O)OC(C)C)C(C)C. The Hall–Kier alpha value is -1.93. The summed E-state index contributed by atoms with van der Waals surface area (Å²) >= 11 is 1.44. The monoisotopic (exact) mass is 412 g/mol. The van der Waals surface area contributed by atoms with Crippen LogP contribution in [0.25, 0.3) is 0 Å². The van der Waals surface area contributed by atoms with Gasteiger partial charge in [-0.1, -0.05) is 37.7 Å². The van der Waals surface area contributed by atoms with Crippen LogP contribution in [0.3, 0.4) is 0 Å². The van der Waals surface area contributed by atoms with Gasteiger partial charge in [-0.2, -0.15) is 0 Å². The molecule has 0 aliphatic rings. The van der Waals surface area contributed by atoms with Gasteiger partial charge in [-0.15, -0.1) is 0 Å². The van der Waals surface area contributed by atoms with E-state index >= 15 is 0 Å². The Kier molecular flexibility index (Phi) is 9.61. The number of alkyl carbamates (subject to hydrolysis) is 1. The van der Waals surface area contributed by atoms with Crippen LogP contribution in [0.5, 0.6) is 5.75 Å². The average molecular weight is 413 g/mol. The van der Waals surface area contributed by atoms with E-state index in [0.29, 0.717) is 0 Å². The molecule has 8 heteroatoms. The van der Waals surface area contributed by atoms with Gasteiger partial charge in [0.05, 0.1) is 25.2 Å². The zero-order chi connectivity index (χ0) is 21.4. The first-order chi connectivity index (χ1) is 13.1. The standard InChI is InChI=1S/C20H32N2O5S/c1-12(2)17(21-20(24)27-13(3)4)19(23)22(26-8)15(6)28-16-11-9-10-14(5)18(16)25-7/h9-13,15,17H,1-8H3,(H,21,24). The van der Waals surface area contributed by atoms with E-state index in [1.54, 1.807) is 21.0 Å². The van der Waals surface area contributed by atoms with Gasteiger partial charge in [0.2, 0.25) is 0 Å². The topological polar surface area (TPSA) is 77.1 Å². The molecule has 1 aromatic carbocycles. The van der Waals surface area contributed by atoms with Crippen molar-refractivity contribution >= 4 is 23.8 Å². The van der Waals surface area contributed by atoms with Gasteiger partial charge in [-0.25, -0.2) is 9.86 Å². The van der Waals surface area contributed by atoms with Gasteiger partial charge in [0.15, 0.2) is 0 Å². The first kappa shape index (κ1) is 24.1. The number of nitrogens with zero attached hydrogens (tertiary/aromatic N) is 1. The third-order valence-electron chi connectivity index (χ3n) is 3.97. The molecule has 0 bridgehead atoms. The molecule has 158 valence electrons. The van der Waals surface area contributed by atoms with Crippen LogP contribution in [-0.4, -0.2) is 48.8 Å². The van der Waals surface area contributed by atoms with Crippen molar-refractivity contribution in [2.24, 2.45) is 5.92 Å². The molecule has 0 aliphatic heterocycles. The molecule has 0 aromatic heterocycles. The molecule has 0 aliphatic carbocycles. The average Bonchev–Trinajstić information content (AvgIpc) is 2.59. The maximum absolute atomic E-state index is 13.1. The number of hydrogen-bond donors (Lipinski definition) is 1. The number of aryl methyl sites for hydroxylation is 1. The summed E-state index contributed by atoms with van der Waals surface area (Å²) in [4.78, 5) is 31.4. The van der Waals surface area contributed by atoms with Crippen molar-refractivity contribution in [2.45, 2.75) is 64.0 Å². The summed E-state index contributed by atoms with van der Waals surface area (Å²) in [6.07, 6.45) is -0.900. The van der Waals surface area contributed by atoms with Gasteiger partial charge >= 0.3 is 6.09 Å². The Bertz CT molecular complexity index is 666. The lowest BCUT2D eigenvalue weighted by atomic mass is 10.0. The number of para-hydroxylation sites is 1. The summed E-state index contributed by atoms with van der Waals surface area (Å²) in [6.45, 7) is 11.0. The second-order valence-electron chi connectivity index (χ2n) is 6.99. The fourth-order valence-electron chi connectivity index (χ4n) is 2.65. The number of ether oxygens (including phenoxy) is 2. The Balaban J connectivity index is 2.98. The summed E-state index contributed by atoms with van der Waals surface area (Å²) in [5.41, 5.74) is 1.01. The number of amides is 2. The third kappa shape index (κ3) is 6.60. The summed E-state index contributed by atoms with van der Waals surface area (Å²) in [5.74, 6) is 0.280. The number of hydroxylamine groups is 2. The van der Waals surface area contributed by atoms with Crippen molar-refractivity contribution in [3.63, 3.8) is 0 Å². The van der Waals surface area contributed by atoms with E-state index < -0.39 is 12.1 Å². The Morgan fingerprint density at radius 2 is 1.75 bits per heavy atom. The molecule has 0 heterocycles. The predicted octanol–water partition coefficient (Wildman–Crippen LogP) is 3.99. The fraction of sp³-hybridized carbons (Fsp3) is 0.600. The Labute approximate surface area is 172 Å². The lowest BCUT2D eigenvalue weighted by Crippen LogP contribution is -2.52. The highest BCUT2D eigenvalue weighted by Crippen LogP contribution is 2.35. The van der Waals surface area contributed by atoms with Crippen LogP contribution in [0.1, 0.15) is 40.2 Å². The zero-order valence-corrected chi connectivity index (χ0v) is 18.8. The van der Waals surface area contributed by atoms with Gasteiger partial charge in [-0.05, 0) is 45.2 Å². The molecule has 28 heavy (non-hydrogen) atoms. The maximum Gasteiger partial charge on any atom is 0.408 e. The minimum Gasteiger partial charge on any atom is -0.495 e. The number of carbonyl (C=O) groups is 2. The van der Waals surface area contributed by atoms with Crippen LogP contribution in [0, 0.1) is 12.8 Å². The molecule has 1 rings (SSSR count). The molecule has 0 radical (unpaired) electrons. The molecule has 0 fully saturated rings. The minimum absolute atomic E-state index is 0.143. The second kappa shape index (κ2) is 11.2. The third-order valence-corrected chi connectivity index (χ3v) is 5.08. The molecule has 1 N–H and O–H groups in total. The maximum atomic E-state index is 13.1. The Morgan fingerprint density at radius 3 is 2.25 bits per heavy atom. The van der Waals surface area contributed by atoms with Crippen LogP contribution in [0.15, 0.2) is 23.1 Å². The number of rotatable bonds is 9. The quantitative estimate of drug-likeness (QED) is 0.375. The highest BCUT2D eigenvalue weighted by molar-refractivity contribution is 8.00. The van der Waals surface area contributed by atoms with Crippen molar-refractivity contribution in [1.29, 1.82) is 0 Å². The largest absolute Gasteiger partial charge is 0.495 e. The van der Waals surface area contributed by atoms with Crippen molar-refractivity contribution in [3.05, 3.63) is 23.8 Å². The summed E-state index contributed by atoms with van der Waals surface area (Å²) in [7, 11) is 3.06. The van der Waals surface area contributed by atoms with Crippen LogP contribution < -0.4 is 10.1 Å². The molecule has 2 atom stereocenters. The van der Waals surface area contributed by atoms with E-state index in [4.69, 9.17) is 14.3 Å². The molecular weight excluding hydrogens is 380 g/mol. The summed E-state index contributed by atoms with van der Waals surface area (Å²) < 4.78 is 10.6. The number of methoxy groups -OCH3 is 1. The molecule has 0 saturated carbocycles. The van der Waals surface area contributed by atoms with Gasteiger partial charge < -0.3 is 14.8 Å². The van der Waals surface area contributed by atoms with Gasteiger partial charge in [-0.3, -0.25) is 9.63 Å². The number of thioether (sulfide) groups is 1.